The highest BCUT2D eigenvalue weighted by atomic mass is 16.4. The van der Waals surface area contributed by atoms with Gasteiger partial charge in [-0.2, -0.15) is 0 Å². The summed E-state index contributed by atoms with van der Waals surface area (Å²) in [5.41, 5.74) is -1.10. The Hall–Kier alpha value is -1.30. The van der Waals surface area contributed by atoms with Gasteiger partial charge in [0.25, 0.3) is 0 Å². The Labute approximate surface area is 121 Å². The van der Waals surface area contributed by atoms with Gasteiger partial charge in [-0.15, -0.1) is 0 Å². The quantitative estimate of drug-likeness (QED) is 0.831. The third-order valence-electron chi connectivity index (χ3n) is 4.15. The molecule has 20 heavy (non-hydrogen) atoms. The summed E-state index contributed by atoms with van der Waals surface area (Å²) in [6.07, 6.45) is 0. The molecule has 6 heteroatoms. The number of hydrogen-bond donors (Lipinski definition) is 1. The Morgan fingerprint density at radius 1 is 1.00 bits per heavy atom. The summed E-state index contributed by atoms with van der Waals surface area (Å²) in [6, 6.07) is -0.217. The van der Waals surface area contributed by atoms with Gasteiger partial charge >= 0.3 is 12.0 Å². The highest BCUT2D eigenvalue weighted by molar-refractivity contribution is 5.85. The van der Waals surface area contributed by atoms with Crippen LogP contribution in [0.25, 0.3) is 0 Å². The minimum Gasteiger partial charge on any atom is -0.480 e. The normalized spacial score (nSPS) is 18.0. The van der Waals surface area contributed by atoms with Crippen LogP contribution < -0.4 is 0 Å². The molecule has 2 amide bonds. The van der Waals surface area contributed by atoms with Crippen LogP contribution in [0.1, 0.15) is 34.6 Å². The fourth-order valence-corrected chi connectivity index (χ4v) is 2.16. The highest BCUT2D eigenvalue weighted by Crippen LogP contribution is 2.19. The van der Waals surface area contributed by atoms with Crippen LogP contribution in [0.15, 0.2) is 0 Å². The molecule has 1 aliphatic heterocycles. The number of carbonyl (C=O) groups excluding carboxylic acids is 1. The van der Waals surface area contributed by atoms with Gasteiger partial charge < -0.3 is 14.9 Å². The van der Waals surface area contributed by atoms with Crippen molar-refractivity contribution in [1.82, 2.24) is 14.7 Å². The molecule has 0 unspecified atom stereocenters. The molecule has 0 aliphatic carbocycles. The van der Waals surface area contributed by atoms with Crippen LogP contribution in [0, 0.1) is 0 Å². The standard InChI is InChI=1S/C14H27N3O3/c1-13(2,3)17-9-7-16(8-10-17)12(20)15(6)14(4,5)11(18)19/h7-10H2,1-6H3,(H,18,19). The first-order valence-electron chi connectivity index (χ1n) is 6.99. The molecule has 1 N–H and O–H groups in total. The van der Waals surface area contributed by atoms with Gasteiger partial charge in [0.1, 0.15) is 5.54 Å². The van der Waals surface area contributed by atoms with E-state index in [4.69, 9.17) is 0 Å². The van der Waals surface area contributed by atoms with Gasteiger partial charge in [-0.3, -0.25) is 4.90 Å². The van der Waals surface area contributed by atoms with Gasteiger partial charge in [0, 0.05) is 38.8 Å². The molecule has 1 saturated heterocycles. The molecule has 0 radical (unpaired) electrons. The van der Waals surface area contributed by atoms with E-state index in [9.17, 15) is 14.7 Å². The molecule has 0 aromatic rings. The predicted octanol–water partition coefficient (Wildman–Crippen LogP) is 1.32. The van der Waals surface area contributed by atoms with Gasteiger partial charge in [0.05, 0.1) is 0 Å². The molecule has 0 aromatic carbocycles. The Bertz CT molecular complexity index is 380. The topological polar surface area (TPSA) is 64.1 Å². The summed E-state index contributed by atoms with van der Waals surface area (Å²) in [5.74, 6) is -0.998. The number of carbonyl (C=O) groups is 2. The molecule has 1 fully saturated rings. The maximum Gasteiger partial charge on any atom is 0.329 e. The lowest BCUT2D eigenvalue weighted by molar-refractivity contribution is -0.147. The molecular formula is C14H27N3O3. The van der Waals surface area contributed by atoms with Crippen LogP contribution in [-0.2, 0) is 4.79 Å². The number of rotatable bonds is 2. The predicted molar refractivity (Wildman–Crippen MR) is 77.8 cm³/mol. The lowest BCUT2D eigenvalue weighted by Gasteiger charge is -2.44. The highest BCUT2D eigenvalue weighted by Gasteiger charge is 2.38. The van der Waals surface area contributed by atoms with Crippen molar-refractivity contribution in [2.45, 2.75) is 45.7 Å². The Kier molecular flexibility index (Phi) is 4.69. The number of carboxylic acids is 1. The first kappa shape index (κ1) is 16.8. The van der Waals surface area contributed by atoms with Crippen molar-refractivity contribution < 1.29 is 14.7 Å². The number of aliphatic carboxylic acids is 1. The maximum atomic E-state index is 12.4. The van der Waals surface area contributed by atoms with Crippen LogP contribution in [0.3, 0.4) is 0 Å². The van der Waals surface area contributed by atoms with E-state index in [1.165, 1.54) is 4.90 Å². The number of amides is 2. The second-order valence-corrected chi connectivity index (χ2v) is 6.85. The zero-order chi connectivity index (χ0) is 15.7. The van der Waals surface area contributed by atoms with E-state index < -0.39 is 11.5 Å². The number of piperazine rings is 1. The molecule has 1 heterocycles. The van der Waals surface area contributed by atoms with Crippen molar-refractivity contribution in [3.05, 3.63) is 0 Å². The van der Waals surface area contributed by atoms with Gasteiger partial charge in [-0.1, -0.05) is 0 Å². The molecule has 0 bridgehead atoms. The lowest BCUT2D eigenvalue weighted by atomic mass is 10.0. The fourth-order valence-electron chi connectivity index (χ4n) is 2.16. The Morgan fingerprint density at radius 2 is 1.45 bits per heavy atom. The number of hydrogen-bond acceptors (Lipinski definition) is 3. The third kappa shape index (κ3) is 3.42. The minimum atomic E-state index is -1.20. The smallest absolute Gasteiger partial charge is 0.329 e. The van der Waals surface area contributed by atoms with E-state index >= 15 is 0 Å². The van der Waals surface area contributed by atoms with Gasteiger partial charge in [-0.05, 0) is 34.6 Å². The number of carboxylic acid groups (broad SMARTS) is 1. The van der Waals surface area contributed by atoms with Crippen LogP contribution in [0.5, 0.6) is 0 Å². The lowest BCUT2D eigenvalue weighted by Crippen LogP contribution is -2.60. The van der Waals surface area contributed by atoms with Gasteiger partial charge in [0.2, 0.25) is 0 Å². The summed E-state index contributed by atoms with van der Waals surface area (Å²) < 4.78 is 0. The van der Waals surface area contributed by atoms with E-state index in [0.717, 1.165) is 13.1 Å². The molecule has 0 saturated carbocycles. The van der Waals surface area contributed by atoms with E-state index in [-0.39, 0.29) is 11.6 Å². The summed E-state index contributed by atoms with van der Waals surface area (Å²) in [7, 11) is 1.55. The molecule has 0 aromatic heterocycles. The number of nitrogens with zero attached hydrogens (tertiary/aromatic N) is 3. The second-order valence-electron chi connectivity index (χ2n) is 6.85. The van der Waals surface area contributed by atoms with Crippen LogP contribution >= 0.6 is 0 Å². The maximum absolute atomic E-state index is 12.4. The fraction of sp³-hybridized carbons (Fsp3) is 0.857. The van der Waals surface area contributed by atoms with E-state index in [2.05, 4.69) is 25.7 Å². The number of likely N-dealkylation sites (N-methyl/N-ethyl adjacent to an activating group) is 1. The zero-order valence-electron chi connectivity index (χ0n) is 13.4. The molecule has 6 nitrogen and oxygen atoms in total. The largest absolute Gasteiger partial charge is 0.480 e. The zero-order valence-corrected chi connectivity index (χ0v) is 13.4. The van der Waals surface area contributed by atoms with E-state index in [1.54, 1.807) is 25.8 Å². The summed E-state index contributed by atoms with van der Waals surface area (Å²) in [6.45, 7) is 12.5. The SMILES string of the molecule is CN(C(=O)N1CCN(C(C)(C)C)CC1)C(C)(C)C(=O)O. The average Bonchev–Trinajstić information content (AvgIpc) is 2.35. The molecule has 0 spiro atoms. The van der Waals surface area contributed by atoms with Crippen molar-refractivity contribution in [3.63, 3.8) is 0 Å². The Morgan fingerprint density at radius 3 is 1.80 bits per heavy atom. The van der Waals surface area contributed by atoms with E-state index in [0.29, 0.717) is 13.1 Å². The molecule has 116 valence electrons. The average molecular weight is 285 g/mol. The molecule has 1 rings (SSSR count). The van der Waals surface area contributed by atoms with E-state index in [1.807, 2.05) is 0 Å². The van der Waals surface area contributed by atoms with Crippen molar-refractivity contribution in [2.24, 2.45) is 0 Å². The first-order chi connectivity index (χ1) is 8.98. The summed E-state index contributed by atoms with van der Waals surface area (Å²) in [5, 5.41) is 9.19. The van der Waals surface area contributed by atoms with Crippen LogP contribution in [-0.4, -0.2) is 76.1 Å². The molecule has 1 aliphatic rings. The third-order valence-corrected chi connectivity index (χ3v) is 4.15. The molecule has 0 atom stereocenters. The van der Waals surface area contributed by atoms with Gasteiger partial charge in [-0.25, -0.2) is 9.59 Å². The summed E-state index contributed by atoms with van der Waals surface area (Å²) >= 11 is 0. The van der Waals surface area contributed by atoms with Crippen molar-refractivity contribution in [1.29, 1.82) is 0 Å². The van der Waals surface area contributed by atoms with Crippen molar-refractivity contribution in [3.8, 4) is 0 Å². The number of urea groups is 1. The second kappa shape index (κ2) is 5.60. The summed E-state index contributed by atoms with van der Waals surface area (Å²) in [4.78, 5) is 29.0. The Balaban J connectivity index is 2.66. The minimum absolute atomic E-state index is 0.0986. The first-order valence-corrected chi connectivity index (χ1v) is 6.99. The van der Waals surface area contributed by atoms with Crippen LogP contribution in [0.4, 0.5) is 4.79 Å². The van der Waals surface area contributed by atoms with Gasteiger partial charge in [0.15, 0.2) is 0 Å². The van der Waals surface area contributed by atoms with Crippen LogP contribution in [0.2, 0.25) is 0 Å². The monoisotopic (exact) mass is 285 g/mol. The van der Waals surface area contributed by atoms with Crippen molar-refractivity contribution >= 4 is 12.0 Å². The molecular weight excluding hydrogens is 258 g/mol. The van der Waals surface area contributed by atoms with Crippen molar-refractivity contribution in [2.75, 3.05) is 33.2 Å².